The van der Waals surface area contributed by atoms with Crippen molar-refractivity contribution in [3.63, 3.8) is 0 Å². The molecule has 2 aliphatic rings. The second-order valence-corrected chi connectivity index (χ2v) is 10.8. The number of carboxylic acids is 1. The summed E-state index contributed by atoms with van der Waals surface area (Å²) in [5.74, 6) is 5.78. The highest BCUT2D eigenvalue weighted by atomic mass is 16.5. The summed E-state index contributed by atoms with van der Waals surface area (Å²) in [5, 5.41) is 11.7. The fourth-order valence-corrected chi connectivity index (χ4v) is 3.82. The molecular formula is C34H49N3O4. The summed E-state index contributed by atoms with van der Waals surface area (Å²) < 4.78 is 6.97. The molecule has 2 heterocycles. The molecular weight excluding hydrogens is 514 g/mol. The number of ether oxygens (including phenoxy) is 1. The van der Waals surface area contributed by atoms with E-state index in [1.54, 1.807) is 24.3 Å². The number of carbonyl (C=O) groups is 2. The molecule has 3 aromatic rings. The number of hydrogen-bond acceptors (Lipinski definition) is 5. The number of benzene rings is 1. The Labute approximate surface area is 246 Å². The Hall–Kier alpha value is -3.66. The van der Waals surface area contributed by atoms with Crippen molar-refractivity contribution in [1.29, 1.82) is 0 Å². The number of nitrogens with zero attached hydrogens (tertiary/aromatic N) is 3. The number of fused-ring (bicyclic) bond motifs is 1. The van der Waals surface area contributed by atoms with Crippen molar-refractivity contribution >= 4 is 22.8 Å². The molecule has 2 saturated carbocycles. The number of methoxy groups -OCH3 is 1. The molecule has 0 aliphatic heterocycles. The summed E-state index contributed by atoms with van der Waals surface area (Å²) >= 11 is 0. The quantitative estimate of drug-likeness (QED) is 0.258. The normalized spacial score (nSPS) is 12.8. The third kappa shape index (κ3) is 13.0. The monoisotopic (exact) mass is 563 g/mol. The van der Waals surface area contributed by atoms with Crippen LogP contribution in [0.5, 0.6) is 5.88 Å². The van der Waals surface area contributed by atoms with E-state index in [-0.39, 0.29) is 5.78 Å². The zero-order valence-corrected chi connectivity index (χ0v) is 26.7. The minimum absolute atomic E-state index is 0.0718. The molecule has 0 amide bonds. The number of carboxylic acid groups (broad SMARTS) is 1. The van der Waals surface area contributed by atoms with Crippen LogP contribution in [0.4, 0.5) is 0 Å². The molecule has 7 heteroatoms. The first-order chi connectivity index (χ1) is 19.3. The third-order valence-corrected chi connectivity index (χ3v) is 6.67. The lowest BCUT2D eigenvalue weighted by Crippen LogP contribution is -1.93. The number of hydrogen-bond donors (Lipinski definition) is 1. The number of aromatic nitrogens is 3. The van der Waals surface area contributed by atoms with Gasteiger partial charge in [0.25, 0.3) is 11.8 Å². The Kier molecular flexibility index (Phi) is 15.4. The summed E-state index contributed by atoms with van der Waals surface area (Å²) in [7, 11) is 3.51. The summed E-state index contributed by atoms with van der Waals surface area (Å²) in [6.07, 6.45) is 8.81. The minimum atomic E-state index is -0.833. The van der Waals surface area contributed by atoms with Gasteiger partial charge < -0.3 is 9.84 Å². The minimum Gasteiger partial charge on any atom is -0.481 e. The van der Waals surface area contributed by atoms with Crippen LogP contribution in [0.1, 0.15) is 113 Å². The van der Waals surface area contributed by atoms with Gasteiger partial charge in [0.1, 0.15) is 0 Å². The Balaban J connectivity index is 0.000000286. The van der Waals surface area contributed by atoms with Gasteiger partial charge in [-0.25, -0.2) is 4.98 Å². The lowest BCUT2D eigenvalue weighted by molar-refractivity contribution is -0.134. The van der Waals surface area contributed by atoms with Crippen molar-refractivity contribution in [2.45, 2.75) is 106 Å². The first-order valence-electron chi connectivity index (χ1n) is 14.4. The van der Waals surface area contributed by atoms with Crippen LogP contribution in [0.15, 0.2) is 24.3 Å². The summed E-state index contributed by atoms with van der Waals surface area (Å²) in [6, 6.07) is 8.77. The van der Waals surface area contributed by atoms with E-state index in [2.05, 4.69) is 68.7 Å². The Morgan fingerprint density at radius 1 is 1.00 bits per heavy atom. The molecule has 0 radical (unpaired) electrons. The van der Waals surface area contributed by atoms with Gasteiger partial charge in [-0.15, -0.1) is 5.10 Å². The van der Waals surface area contributed by atoms with Crippen molar-refractivity contribution in [2.75, 3.05) is 7.11 Å². The van der Waals surface area contributed by atoms with Crippen LogP contribution >= 0.6 is 0 Å². The number of carbonyl (C=O) groups excluding carboxylic acids is 1. The number of ketones is 1. The van der Waals surface area contributed by atoms with Crippen LogP contribution in [-0.4, -0.2) is 38.7 Å². The Bertz CT molecular complexity index is 1330. The molecule has 1 aromatic carbocycles. The SMILES string of the molecule is C1CCC1.CC#CC(C)=O.CC(=O)O.COc1nn(C)c2ccc(C(C)C)nc12.Cc1cc(C)c(C2CC2)cc1C. The van der Waals surface area contributed by atoms with E-state index in [0.29, 0.717) is 11.8 Å². The lowest BCUT2D eigenvalue weighted by atomic mass is 9.98. The zero-order chi connectivity index (χ0) is 31.1. The van der Waals surface area contributed by atoms with Crippen LogP contribution in [0, 0.1) is 32.6 Å². The van der Waals surface area contributed by atoms with Gasteiger partial charge in [0.2, 0.25) is 5.78 Å². The van der Waals surface area contributed by atoms with Crippen molar-refractivity contribution in [3.05, 3.63) is 52.2 Å². The molecule has 2 aromatic heterocycles. The fraction of sp³-hybridized carbons (Fsp3) is 0.529. The van der Waals surface area contributed by atoms with Gasteiger partial charge in [0, 0.05) is 26.6 Å². The van der Waals surface area contributed by atoms with Gasteiger partial charge in [0.05, 0.1) is 12.6 Å². The standard InChI is InChI=1S/C12H16.C11H15N3O.C5H6O.C4H8.C2H4O2/c1-8-6-10(3)12(7-9(8)2)11-4-5-11;1-7(2)8-5-6-9-10(12-8)11(15-4)13-14(9)3;1-3-4-5(2)6;1-2-4-3-1;1-2(3)4/h6-7,11H,4-5H2,1-3H3;5-7H,1-4H3;1-2H3;1-4H2;1H3,(H,3,4). The van der Waals surface area contributed by atoms with Gasteiger partial charge in [0.15, 0.2) is 5.52 Å². The van der Waals surface area contributed by atoms with E-state index >= 15 is 0 Å². The van der Waals surface area contributed by atoms with E-state index in [0.717, 1.165) is 29.6 Å². The fourth-order valence-electron chi connectivity index (χ4n) is 3.82. The number of aliphatic carboxylic acids is 1. The molecule has 7 nitrogen and oxygen atoms in total. The Morgan fingerprint density at radius 3 is 1.93 bits per heavy atom. The maximum Gasteiger partial charge on any atom is 0.300 e. The molecule has 0 saturated heterocycles. The number of Topliss-reactive ketones (excluding diaryl/α,β-unsaturated/α-hetero) is 1. The first-order valence-corrected chi connectivity index (χ1v) is 14.4. The van der Waals surface area contributed by atoms with Gasteiger partial charge in [-0.3, -0.25) is 14.3 Å². The van der Waals surface area contributed by atoms with E-state index < -0.39 is 5.97 Å². The molecule has 5 rings (SSSR count). The summed E-state index contributed by atoms with van der Waals surface area (Å²) in [5.41, 5.74) is 8.86. The second-order valence-electron chi connectivity index (χ2n) is 10.8. The number of rotatable bonds is 3. The van der Waals surface area contributed by atoms with Gasteiger partial charge in [-0.05, 0) is 92.7 Å². The maximum atomic E-state index is 9.87. The highest BCUT2D eigenvalue weighted by Gasteiger charge is 2.25. The molecule has 2 fully saturated rings. The van der Waals surface area contributed by atoms with Crippen LogP contribution < -0.4 is 4.74 Å². The number of aryl methyl sites for hydroxylation is 4. The van der Waals surface area contributed by atoms with E-state index in [9.17, 15) is 4.79 Å². The lowest BCUT2D eigenvalue weighted by Gasteiger charge is -2.08. The zero-order valence-electron chi connectivity index (χ0n) is 26.7. The second kappa shape index (κ2) is 17.9. The molecule has 224 valence electrons. The highest BCUT2D eigenvalue weighted by Crippen LogP contribution is 2.42. The van der Waals surface area contributed by atoms with Crippen molar-refractivity contribution in [2.24, 2.45) is 7.05 Å². The third-order valence-electron chi connectivity index (χ3n) is 6.67. The van der Waals surface area contributed by atoms with E-state index in [1.807, 2.05) is 19.2 Å². The summed E-state index contributed by atoms with van der Waals surface area (Å²) in [4.78, 5) is 23.4. The largest absolute Gasteiger partial charge is 0.481 e. The van der Waals surface area contributed by atoms with Crippen molar-refractivity contribution < 1.29 is 19.4 Å². The van der Waals surface area contributed by atoms with Crippen LogP contribution in [0.25, 0.3) is 11.0 Å². The maximum absolute atomic E-state index is 9.87. The average Bonchev–Trinajstić information content (AvgIpc) is 3.64. The van der Waals surface area contributed by atoms with Crippen molar-refractivity contribution in [1.82, 2.24) is 14.8 Å². The molecule has 1 N–H and O–H groups in total. The van der Waals surface area contributed by atoms with Crippen LogP contribution in [0.3, 0.4) is 0 Å². The van der Waals surface area contributed by atoms with Crippen LogP contribution in [-0.2, 0) is 16.6 Å². The number of pyridine rings is 1. The highest BCUT2D eigenvalue weighted by molar-refractivity contribution is 5.93. The van der Waals surface area contributed by atoms with Gasteiger partial charge in [-0.2, -0.15) is 0 Å². The van der Waals surface area contributed by atoms with E-state index in [1.165, 1.54) is 62.1 Å². The molecule has 2 aliphatic carbocycles. The molecule has 0 bridgehead atoms. The topological polar surface area (TPSA) is 94.3 Å². The Morgan fingerprint density at radius 2 is 1.54 bits per heavy atom. The first kappa shape index (κ1) is 35.4. The van der Waals surface area contributed by atoms with Gasteiger partial charge in [-0.1, -0.05) is 57.6 Å². The van der Waals surface area contributed by atoms with Crippen molar-refractivity contribution in [3.8, 4) is 17.7 Å². The predicted molar refractivity (Wildman–Crippen MR) is 168 cm³/mol. The summed E-state index contributed by atoms with van der Waals surface area (Å²) in [6.45, 7) is 15.0. The van der Waals surface area contributed by atoms with Gasteiger partial charge >= 0.3 is 0 Å². The molecule has 41 heavy (non-hydrogen) atoms. The van der Waals surface area contributed by atoms with E-state index in [4.69, 9.17) is 14.6 Å². The smallest absolute Gasteiger partial charge is 0.300 e. The molecule has 0 atom stereocenters. The molecule has 0 spiro atoms. The molecule has 0 unspecified atom stereocenters. The predicted octanol–water partition coefficient (Wildman–Crippen LogP) is 7.84. The van der Waals surface area contributed by atoms with Crippen LogP contribution in [0.2, 0.25) is 0 Å². The average molecular weight is 564 g/mol.